The second-order valence-corrected chi connectivity index (χ2v) is 9.12. The van der Waals surface area contributed by atoms with E-state index < -0.39 is 16.0 Å². The molecule has 1 saturated carbocycles. The van der Waals surface area contributed by atoms with Crippen LogP contribution in [0.1, 0.15) is 29.0 Å². The van der Waals surface area contributed by atoms with E-state index in [2.05, 4.69) is 12.6 Å². The molecule has 0 N–H and O–H groups in total. The van der Waals surface area contributed by atoms with Gasteiger partial charge in [-0.3, -0.25) is 0 Å². The van der Waals surface area contributed by atoms with Gasteiger partial charge >= 0.3 is 0 Å². The first-order valence-corrected chi connectivity index (χ1v) is 10.5. The van der Waals surface area contributed by atoms with Gasteiger partial charge in [0.05, 0.1) is 28.0 Å². The van der Waals surface area contributed by atoms with Crippen molar-refractivity contribution >= 4 is 26.9 Å². The van der Waals surface area contributed by atoms with Gasteiger partial charge in [-0.05, 0) is 66.6 Å². The number of nitriles is 1. The van der Waals surface area contributed by atoms with Crippen molar-refractivity contribution in [2.45, 2.75) is 24.2 Å². The number of nitrogens with zero attached hydrogens (tertiary/aromatic N) is 2. The van der Waals surface area contributed by atoms with Gasteiger partial charge in [0.1, 0.15) is 0 Å². The zero-order valence-electron chi connectivity index (χ0n) is 15.6. The number of hydrogen-bond acceptors (Lipinski definition) is 5. The number of benzene rings is 2. The molecular weight excluding hydrogens is 388 g/mol. The zero-order valence-corrected chi connectivity index (χ0v) is 16.4. The van der Waals surface area contributed by atoms with Crippen LogP contribution in [0.25, 0.3) is 10.9 Å². The van der Waals surface area contributed by atoms with E-state index in [4.69, 9.17) is 0 Å². The van der Waals surface area contributed by atoms with Gasteiger partial charge in [0, 0.05) is 11.6 Å². The minimum Gasteiger partial charge on any atom is -0.545 e. The number of carbonyl (C=O) groups excluding carboxylic acids is 1. The summed E-state index contributed by atoms with van der Waals surface area (Å²) < 4.78 is 27.7. The number of aryl methyl sites for hydroxylation is 1. The van der Waals surface area contributed by atoms with E-state index in [1.165, 1.54) is 10.2 Å². The van der Waals surface area contributed by atoms with Crippen LogP contribution in [0.2, 0.25) is 0 Å². The van der Waals surface area contributed by atoms with Gasteiger partial charge in [-0.2, -0.15) is 5.26 Å². The third-order valence-electron chi connectivity index (χ3n) is 5.41. The first-order valence-electron chi connectivity index (χ1n) is 9.01. The van der Waals surface area contributed by atoms with Gasteiger partial charge in [-0.1, -0.05) is 24.3 Å². The highest BCUT2D eigenvalue weighted by molar-refractivity contribution is 7.90. The lowest BCUT2D eigenvalue weighted by Gasteiger charge is -2.08. The lowest BCUT2D eigenvalue weighted by atomic mass is 10.0. The summed E-state index contributed by atoms with van der Waals surface area (Å²) in [6.45, 7) is 5.45. The summed E-state index contributed by atoms with van der Waals surface area (Å²) in [6, 6.07) is 13.4. The Labute approximate surface area is 168 Å². The topological polar surface area (TPSA) is 103 Å². The summed E-state index contributed by atoms with van der Waals surface area (Å²) in [7, 11) is -3.86. The molecule has 2 unspecified atom stereocenters. The Morgan fingerprint density at radius 3 is 2.55 bits per heavy atom. The second-order valence-electron chi connectivity index (χ2n) is 7.30. The lowest BCUT2D eigenvalue weighted by molar-refractivity contribution is -0.299. The van der Waals surface area contributed by atoms with Crippen LogP contribution >= 0.6 is 0 Å². The molecule has 1 aliphatic rings. The monoisotopic (exact) mass is 405 g/mol. The minimum absolute atomic E-state index is 0.00808. The molecule has 29 heavy (non-hydrogen) atoms. The van der Waals surface area contributed by atoms with Gasteiger partial charge in [-0.15, -0.1) is 0 Å². The van der Waals surface area contributed by atoms with Crippen LogP contribution in [0.15, 0.2) is 65.7 Å². The summed E-state index contributed by atoms with van der Waals surface area (Å²) in [4.78, 5) is 11.3. The maximum Gasteiger partial charge on any atom is 0.268 e. The summed E-state index contributed by atoms with van der Waals surface area (Å²) in [5, 5.41) is 21.0. The third kappa shape index (κ3) is 3.12. The Morgan fingerprint density at radius 2 is 1.93 bits per heavy atom. The molecule has 0 spiro atoms. The highest BCUT2D eigenvalue weighted by atomic mass is 32.2. The third-order valence-corrected chi connectivity index (χ3v) is 7.10. The summed E-state index contributed by atoms with van der Waals surface area (Å²) in [5.74, 6) is -1.77. The standard InChI is InChI=1S/C22H18N2O4S/c1-13-3-6-16(7-4-13)29(27,28)24-12-20(18-10-17(18)14(2)22(25)26)19-9-15(11-23)5-8-21(19)24/h3-9,12,17-18H,2,10H2,1H3,(H,25,26)/p-1. The van der Waals surface area contributed by atoms with Gasteiger partial charge in [0.15, 0.2) is 0 Å². The molecule has 0 bridgehead atoms. The van der Waals surface area contributed by atoms with E-state index in [1.807, 2.05) is 6.92 Å². The van der Waals surface area contributed by atoms with Crippen LogP contribution in [0.4, 0.5) is 0 Å². The quantitative estimate of drug-likeness (QED) is 0.607. The molecule has 2 atom stereocenters. The first-order chi connectivity index (χ1) is 13.7. The number of rotatable bonds is 5. The van der Waals surface area contributed by atoms with Crippen LogP contribution < -0.4 is 5.11 Å². The largest absolute Gasteiger partial charge is 0.545 e. The van der Waals surface area contributed by atoms with Crippen molar-refractivity contribution in [2.24, 2.45) is 5.92 Å². The summed E-state index contributed by atoms with van der Waals surface area (Å²) in [5.41, 5.74) is 2.50. The van der Waals surface area contributed by atoms with Crippen molar-refractivity contribution in [2.75, 3.05) is 0 Å². The number of fused-ring (bicyclic) bond motifs is 1. The summed E-state index contributed by atoms with van der Waals surface area (Å²) in [6.07, 6.45) is 2.08. The molecule has 0 radical (unpaired) electrons. The van der Waals surface area contributed by atoms with Crippen LogP contribution in [0, 0.1) is 24.2 Å². The number of hydrogen-bond donors (Lipinski definition) is 0. The van der Waals surface area contributed by atoms with E-state index in [0.29, 0.717) is 28.5 Å². The predicted octanol–water partition coefficient (Wildman–Crippen LogP) is 2.47. The fourth-order valence-corrected chi connectivity index (χ4v) is 5.07. The molecule has 1 aromatic heterocycles. The summed E-state index contributed by atoms with van der Waals surface area (Å²) >= 11 is 0. The molecule has 2 aromatic carbocycles. The molecule has 0 amide bonds. The molecular formula is C22H17N2O4S-. The Morgan fingerprint density at radius 1 is 1.24 bits per heavy atom. The van der Waals surface area contributed by atoms with E-state index in [9.17, 15) is 23.6 Å². The molecule has 3 aromatic rings. The van der Waals surface area contributed by atoms with Crippen LogP contribution in [0.5, 0.6) is 0 Å². The van der Waals surface area contributed by atoms with Crippen molar-refractivity contribution < 1.29 is 18.3 Å². The number of aromatic nitrogens is 1. The molecule has 1 heterocycles. The predicted molar refractivity (Wildman–Crippen MR) is 105 cm³/mol. The van der Waals surface area contributed by atoms with Crippen molar-refractivity contribution in [1.29, 1.82) is 5.26 Å². The van der Waals surface area contributed by atoms with E-state index in [1.54, 1.807) is 42.5 Å². The van der Waals surface area contributed by atoms with Crippen molar-refractivity contribution in [1.82, 2.24) is 3.97 Å². The highest BCUT2D eigenvalue weighted by Gasteiger charge is 2.42. The fraction of sp³-hybridized carbons (Fsp3) is 0.182. The SMILES string of the molecule is C=C(C(=O)[O-])C1CC1c1cn(S(=O)(=O)c2ccc(C)cc2)c2ccc(C#N)cc12. The first kappa shape index (κ1) is 19.0. The molecule has 1 aliphatic carbocycles. The van der Waals surface area contributed by atoms with Crippen LogP contribution in [-0.4, -0.2) is 18.4 Å². The molecule has 4 rings (SSSR count). The maximum atomic E-state index is 13.3. The lowest BCUT2D eigenvalue weighted by Crippen LogP contribution is -2.24. The van der Waals surface area contributed by atoms with Crippen molar-refractivity contribution in [3.8, 4) is 6.07 Å². The van der Waals surface area contributed by atoms with E-state index >= 15 is 0 Å². The Kier molecular flexibility index (Phi) is 4.32. The Balaban J connectivity index is 1.88. The van der Waals surface area contributed by atoms with Gasteiger partial charge in [0.2, 0.25) is 0 Å². The molecule has 1 fully saturated rings. The van der Waals surface area contributed by atoms with Crippen LogP contribution in [0.3, 0.4) is 0 Å². The highest BCUT2D eigenvalue weighted by Crippen LogP contribution is 2.53. The minimum atomic E-state index is -3.86. The fourth-order valence-electron chi connectivity index (χ4n) is 3.69. The maximum absolute atomic E-state index is 13.3. The average molecular weight is 405 g/mol. The normalized spacial score (nSPS) is 18.3. The zero-order chi connectivity index (χ0) is 20.9. The Hall–Kier alpha value is -3.37. The van der Waals surface area contributed by atoms with Crippen molar-refractivity contribution in [3.63, 3.8) is 0 Å². The molecule has 7 heteroatoms. The average Bonchev–Trinajstić information content (AvgIpc) is 3.39. The van der Waals surface area contributed by atoms with Gasteiger partial charge < -0.3 is 9.90 Å². The molecule has 146 valence electrons. The second kappa shape index (κ2) is 6.61. The van der Waals surface area contributed by atoms with Gasteiger partial charge in [-0.25, -0.2) is 12.4 Å². The van der Waals surface area contributed by atoms with Gasteiger partial charge in [0.25, 0.3) is 10.0 Å². The number of carboxylic acid groups (broad SMARTS) is 1. The van der Waals surface area contributed by atoms with Crippen molar-refractivity contribution in [3.05, 3.63) is 77.5 Å². The van der Waals surface area contributed by atoms with E-state index in [-0.39, 0.29) is 22.3 Å². The number of aliphatic carboxylic acids is 1. The molecule has 6 nitrogen and oxygen atoms in total. The number of carbonyl (C=O) groups is 1. The van der Waals surface area contributed by atoms with Crippen LogP contribution in [-0.2, 0) is 14.8 Å². The number of carboxylic acids is 1. The smallest absolute Gasteiger partial charge is 0.268 e. The van der Waals surface area contributed by atoms with E-state index in [0.717, 1.165) is 5.56 Å². The Bertz CT molecular complexity index is 1310. The molecule has 0 saturated heterocycles. The molecule has 0 aliphatic heterocycles.